The number of nitrogens with two attached hydrogens (primary N) is 1. The summed E-state index contributed by atoms with van der Waals surface area (Å²) in [6.07, 6.45) is 1.63. The third-order valence-electron chi connectivity index (χ3n) is 6.48. The minimum atomic E-state index is -1.25. The normalized spacial score (nSPS) is 18.2. The summed E-state index contributed by atoms with van der Waals surface area (Å²) in [5, 5.41) is 29.9. The number of amides is 4. The highest BCUT2D eigenvalue weighted by molar-refractivity contribution is 5.94. The zero-order chi connectivity index (χ0) is 27.5. The smallest absolute Gasteiger partial charge is 0.326 e. The van der Waals surface area contributed by atoms with Gasteiger partial charge in [-0.05, 0) is 49.4 Å². The van der Waals surface area contributed by atoms with E-state index in [-0.39, 0.29) is 36.8 Å². The Morgan fingerprint density at radius 1 is 1.05 bits per heavy atom. The van der Waals surface area contributed by atoms with Gasteiger partial charge < -0.3 is 37.2 Å². The molecule has 5 unspecified atom stereocenters. The van der Waals surface area contributed by atoms with Crippen molar-refractivity contribution in [3.63, 3.8) is 0 Å². The van der Waals surface area contributed by atoms with Crippen LogP contribution in [0, 0.1) is 5.92 Å². The highest BCUT2D eigenvalue weighted by Gasteiger charge is 2.33. The van der Waals surface area contributed by atoms with E-state index in [1.165, 1.54) is 12.1 Å². The van der Waals surface area contributed by atoms with E-state index in [1.807, 2.05) is 0 Å². The number of benzene rings is 1. The van der Waals surface area contributed by atoms with E-state index in [9.17, 15) is 34.2 Å². The first-order chi connectivity index (χ1) is 17.5. The van der Waals surface area contributed by atoms with Crippen molar-refractivity contribution in [1.82, 2.24) is 21.3 Å². The third kappa shape index (κ3) is 9.37. The van der Waals surface area contributed by atoms with Crippen molar-refractivity contribution >= 4 is 29.6 Å². The molecule has 37 heavy (non-hydrogen) atoms. The van der Waals surface area contributed by atoms with Gasteiger partial charge in [0.2, 0.25) is 23.6 Å². The molecule has 0 aromatic heterocycles. The Morgan fingerprint density at radius 2 is 1.70 bits per heavy atom. The molecule has 1 fully saturated rings. The number of phenolic OH excluding ortho intramolecular Hbond substituents is 1. The summed E-state index contributed by atoms with van der Waals surface area (Å²) < 4.78 is 0. The van der Waals surface area contributed by atoms with Crippen molar-refractivity contribution in [2.45, 2.75) is 76.5 Å². The molecule has 1 saturated heterocycles. The van der Waals surface area contributed by atoms with E-state index in [0.29, 0.717) is 24.9 Å². The highest BCUT2D eigenvalue weighted by atomic mass is 16.4. The first-order valence-electron chi connectivity index (χ1n) is 12.4. The third-order valence-corrected chi connectivity index (χ3v) is 6.48. The zero-order valence-electron chi connectivity index (χ0n) is 21.2. The van der Waals surface area contributed by atoms with Gasteiger partial charge in [0.1, 0.15) is 23.9 Å². The maximum atomic E-state index is 13.3. The summed E-state index contributed by atoms with van der Waals surface area (Å²) in [7, 11) is 0. The number of carbonyl (C=O) groups excluding carboxylic acids is 4. The number of hydrogen-bond acceptors (Lipinski definition) is 7. The van der Waals surface area contributed by atoms with E-state index >= 15 is 0 Å². The molecule has 2 rings (SSSR count). The second-order valence-electron chi connectivity index (χ2n) is 9.36. The van der Waals surface area contributed by atoms with Crippen LogP contribution in [0.2, 0.25) is 0 Å². The Hall–Kier alpha value is -3.67. The van der Waals surface area contributed by atoms with E-state index in [1.54, 1.807) is 26.0 Å². The Labute approximate surface area is 215 Å². The standard InChI is InChI=1S/C25H37N5O7/c1-3-14(2)21(25(36)37)30-23(34)18(10-11-20(26)32)28-24(35)19(13-15-6-8-16(31)9-7-15)29-22(33)17-5-4-12-27-17/h6-9,14,17-19,21,27,31H,3-5,10-13H2,1-2H3,(H2,26,32)(H,28,35)(H,29,33)(H,30,34)(H,36,37). The zero-order valence-corrected chi connectivity index (χ0v) is 21.2. The Morgan fingerprint density at radius 3 is 2.24 bits per heavy atom. The van der Waals surface area contributed by atoms with Crippen molar-refractivity contribution in [1.29, 1.82) is 0 Å². The van der Waals surface area contributed by atoms with Gasteiger partial charge in [-0.2, -0.15) is 0 Å². The largest absolute Gasteiger partial charge is 0.508 e. The lowest BCUT2D eigenvalue weighted by atomic mass is 9.98. The van der Waals surface area contributed by atoms with Crippen molar-refractivity contribution < 1.29 is 34.2 Å². The maximum absolute atomic E-state index is 13.3. The van der Waals surface area contributed by atoms with Gasteiger partial charge >= 0.3 is 5.97 Å². The van der Waals surface area contributed by atoms with Crippen LogP contribution < -0.4 is 27.0 Å². The van der Waals surface area contributed by atoms with Gasteiger partial charge in [0.15, 0.2) is 0 Å². The molecule has 1 aromatic carbocycles. The molecule has 12 heteroatoms. The lowest BCUT2D eigenvalue weighted by Gasteiger charge is -2.26. The van der Waals surface area contributed by atoms with Crippen LogP contribution in [0.25, 0.3) is 0 Å². The predicted molar refractivity (Wildman–Crippen MR) is 134 cm³/mol. The van der Waals surface area contributed by atoms with Crippen LogP contribution in [0.1, 0.15) is 51.5 Å². The summed E-state index contributed by atoms with van der Waals surface area (Å²) >= 11 is 0. The summed E-state index contributed by atoms with van der Waals surface area (Å²) in [6, 6.07) is 2.15. The Balaban J connectivity index is 2.23. The van der Waals surface area contributed by atoms with Gasteiger partial charge in [-0.1, -0.05) is 32.4 Å². The van der Waals surface area contributed by atoms with Gasteiger partial charge in [-0.15, -0.1) is 0 Å². The van der Waals surface area contributed by atoms with E-state index < -0.39 is 47.9 Å². The average molecular weight is 520 g/mol. The number of phenols is 1. The second-order valence-corrected chi connectivity index (χ2v) is 9.36. The SMILES string of the molecule is CCC(C)C(NC(=O)C(CCC(N)=O)NC(=O)C(Cc1ccc(O)cc1)NC(=O)C1CCCN1)C(=O)O. The van der Waals surface area contributed by atoms with Crippen molar-refractivity contribution in [3.05, 3.63) is 29.8 Å². The second kappa shape index (κ2) is 14.2. The number of aliphatic carboxylic acids is 1. The van der Waals surface area contributed by atoms with Gasteiger partial charge in [0, 0.05) is 12.8 Å². The fourth-order valence-corrected chi connectivity index (χ4v) is 4.02. The van der Waals surface area contributed by atoms with Crippen LogP contribution >= 0.6 is 0 Å². The fourth-order valence-electron chi connectivity index (χ4n) is 4.02. The molecule has 0 aliphatic carbocycles. The number of primary amides is 1. The number of hydrogen-bond donors (Lipinski definition) is 7. The molecule has 8 N–H and O–H groups in total. The lowest BCUT2D eigenvalue weighted by Crippen LogP contribution is -2.58. The molecule has 1 aromatic rings. The fraction of sp³-hybridized carbons (Fsp3) is 0.560. The first kappa shape index (κ1) is 29.6. The molecule has 0 radical (unpaired) electrons. The minimum absolute atomic E-state index is 0.0430. The van der Waals surface area contributed by atoms with Crippen molar-refractivity contribution in [2.24, 2.45) is 11.7 Å². The number of rotatable bonds is 14. The van der Waals surface area contributed by atoms with Crippen molar-refractivity contribution in [3.8, 4) is 5.75 Å². The number of carboxylic acid groups (broad SMARTS) is 1. The number of carbonyl (C=O) groups is 5. The average Bonchev–Trinajstić information content (AvgIpc) is 3.40. The summed E-state index contributed by atoms with van der Waals surface area (Å²) in [4.78, 5) is 62.2. The summed E-state index contributed by atoms with van der Waals surface area (Å²) in [6.45, 7) is 4.15. The van der Waals surface area contributed by atoms with Gasteiger partial charge in [-0.3, -0.25) is 19.2 Å². The van der Waals surface area contributed by atoms with Gasteiger partial charge in [-0.25, -0.2) is 4.79 Å². The lowest BCUT2D eigenvalue weighted by molar-refractivity contribution is -0.144. The van der Waals surface area contributed by atoms with Crippen LogP contribution in [0.4, 0.5) is 0 Å². The molecule has 0 saturated carbocycles. The number of nitrogens with one attached hydrogen (secondary N) is 4. The minimum Gasteiger partial charge on any atom is -0.508 e. The molecular formula is C25H37N5O7. The van der Waals surface area contributed by atoms with Crippen molar-refractivity contribution in [2.75, 3.05) is 6.54 Å². The molecular weight excluding hydrogens is 482 g/mol. The quantitative estimate of drug-likeness (QED) is 0.171. The molecule has 12 nitrogen and oxygen atoms in total. The van der Waals surface area contributed by atoms with Crippen LogP contribution in [0.3, 0.4) is 0 Å². The van der Waals surface area contributed by atoms with E-state index in [4.69, 9.17) is 5.73 Å². The van der Waals surface area contributed by atoms with Crippen LogP contribution in [-0.2, 0) is 30.4 Å². The maximum Gasteiger partial charge on any atom is 0.326 e. The van der Waals surface area contributed by atoms with Crippen LogP contribution in [0.15, 0.2) is 24.3 Å². The monoisotopic (exact) mass is 519 g/mol. The first-order valence-corrected chi connectivity index (χ1v) is 12.4. The van der Waals surface area contributed by atoms with Crippen LogP contribution in [-0.4, -0.2) is 70.5 Å². The highest BCUT2D eigenvalue weighted by Crippen LogP contribution is 2.13. The molecule has 0 spiro atoms. The summed E-state index contributed by atoms with van der Waals surface area (Å²) in [5.41, 5.74) is 5.89. The topological polar surface area (TPSA) is 200 Å². The molecule has 1 aliphatic heterocycles. The molecule has 1 heterocycles. The molecule has 5 atom stereocenters. The molecule has 4 amide bonds. The Kier molecular flexibility index (Phi) is 11.3. The number of aromatic hydroxyl groups is 1. The van der Waals surface area contributed by atoms with Gasteiger partial charge in [0.05, 0.1) is 6.04 Å². The molecule has 204 valence electrons. The molecule has 0 bridgehead atoms. The van der Waals surface area contributed by atoms with E-state index in [0.717, 1.165) is 6.42 Å². The van der Waals surface area contributed by atoms with Gasteiger partial charge in [0.25, 0.3) is 0 Å². The predicted octanol–water partition coefficient (Wildman–Crippen LogP) is -0.463. The Bertz CT molecular complexity index is 963. The van der Waals surface area contributed by atoms with E-state index in [2.05, 4.69) is 21.3 Å². The molecule has 1 aliphatic rings. The summed E-state index contributed by atoms with van der Waals surface area (Å²) in [5.74, 6) is -4.06. The van der Waals surface area contributed by atoms with Crippen LogP contribution in [0.5, 0.6) is 5.75 Å². The number of carboxylic acids is 1.